The number of hydrogen-bond acceptors (Lipinski definition) is 3. The van der Waals surface area contributed by atoms with Crippen LogP contribution in [-0.2, 0) is 13.5 Å². The predicted molar refractivity (Wildman–Crippen MR) is 85.9 cm³/mol. The molecule has 0 aliphatic carbocycles. The topological polar surface area (TPSA) is 38.9 Å². The highest BCUT2D eigenvalue weighted by molar-refractivity contribution is 6.20. The lowest BCUT2D eigenvalue weighted by Gasteiger charge is -2.18. The number of rotatable bonds is 4. The van der Waals surface area contributed by atoms with Crippen molar-refractivity contribution >= 4 is 22.8 Å². The fraction of sp³-hybridized carbons (Fsp3) is 0.733. The molecule has 0 amide bonds. The second-order valence-electron chi connectivity index (χ2n) is 6.15. The van der Waals surface area contributed by atoms with Crippen molar-refractivity contribution in [1.29, 1.82) is 0 Å². The number of hydrogen-bond donors (Lipinski definition) is 0. The summed E-state index contributed by atoms with van der Waals surface area (Å²) in [6, 6.07) is 0.445. The number of likely N-dealkylation sites (N-methyl/N-ethyl adjacent to an activating group) is 1. The first-order valence-corrected chi connectivity index (χ1v) is 8.22. The van der Waals surface area contributed by atoms with Gasteiger partial charge in [0.05, 0.1) is 17.1 Å². The van der Waals surface area contributed by atoms with Crippen LogP contribution in [0.5, 0.6) is 0 Å². The Hall–Kier alpha value is -1.07. The summed E-state index contributed by atoms with van der Waals surface area (Å²) in [7, 11) is 4.19. The van der Waals surface area contributed by atoms with Gasteiger partial charge in [-0.25, -0.2) is 4.98 Å². The molecule has 0 N–H and O–H groups in total. The summed E-state index contributed by atoms with van der Waals surface area (Å²) in [6.45, 7) is 6.36. The van der Waals surface area contributed by atoms with Crippen molar-refractivity contribution < 1.29 is 0 Å². The van der Waals surface area contributed by atoms with Crippen molar-refractivity contribution in [2.24, 2.45) is 7.05 Å². The van der Waals surface area contributed by atoms with Crippen LogP contribution >= 0.6 is 11.6 Å². The molecule has 0 radical (unpaired) electrons. The summed E-state index contributed by atoms with van der Waals surface area (Å²) in [4.78, 5) is 7.21. The summed E-state index contributed by atoms with van der Waals surface area (Å²) >= 11 is 6.41. The van der Waals surface area contributed by atoms with Gasteiger partial charge in [0, 0.05) is 13.6 Å². The zero-order valence-electron chi connectivity index (χ0n) is 13.3. The smallest absolute Gasteiger partial charge is 0.159 e. The Bertz CT molecular complexity index is 642. The van der Waals surface area contributed by atoms with Gasteiger partial charge >= 0.3 is 0 Å². The summed E-state index contributed by atoms with van der Waals surface area (Å²) in [5.41, 5.74) is 3.26. The number of nitrogens with zero attached hydrogens (tertiary/aromatic N) is 5. The molecule has 5 nitrogen and oxygen atoms in total. The summed E-state index contributed by atoms with van der Waals surface area (Å²) in [5, 5.41) is 4.58. The number of imidazole rings is 1. The lowest BCUT2D eigenvalue weighted by atomic mass is 10.2. The second-order valence-corrected chi connectivity index (χ2v) is 6.81. The third-order valence-electron chi connectivity index (χ3n) is 4.34. The van der Waals surface area contributed by atoms with E-state index in [1.54, 1.807) is 0 Å². The quantitative estimate of drug-likeness (QED) is 0.815. The molecule has 3 rings (SSSR count). The lowest BCUT2D eigenvalue weighted by Crippen LogP contribution is -2.19. The van der Waals surface area contributed by atoms with E-state index in [9.17, 15) is 0 Å². The SMILES string of the molecule is CCCc1nn(C)c2c1nc(C(C)Cl)n2C1CCN(C)C1. The fourth-order valence-corrected chi connectivity index (χ4v) is 3.54. The molecule has 21 heavy (non-hydrogen) atoms. The van der Waals surface area contributed by atoms with Gasteiger partial charge in [-0.1, -0.05) is 13.3 Å². The number of alkyl halides is 1. The van der Waals surface area contributed by atoms with E-state index in [2.05, 4.69) is 28.5 Å². The van der Waals surface area contributed by atoms with Crippen molar-refractivity contribution in [3.8, 4) is 0 Å². The number of fused-ring (bicyclic) bond motifs is 1. The van der Waals surface area contributed by atoms with E-state index in [0.29, 0.717) is 6.04 Å². The molecule has 2 unspecified atom stereocenters. The molecular weight excluding hydrogens is 286 g/mol. The normalized spacial score (nSPS) is 21.5. The van der Waals surface area contributed by atoms with E-state index in [-0.39, 0.29) is 5.38 Å². The molecule has 1 saturated heterocycles. The molecule has 0 saturated carbocycles. The molecule has 0 bridgehead atoms. The summed E-state index contributed by atoms with van der Waals surface area (Å²) in [5.74, 6) is 0.984. The third-order valence-corrected chi connectivity index (χ3v) is 4.53. The molecule has 1 aliphatic rings. The van der Waals surface area contributed by atoms with E-state index in [1.807, 2.05) is 18.7 Å². The van der Waals surface area contributed by atoms with Crippen LogP contribution in [0.15, 0.2) is 0 Å². The molecule has 116 valence electrons. The van der Waals surface area contributed by atoms with Crippen molar-refractivity contribution in [1.82, 2.24) is 24.2 Å². The molecule has 3 heterocycles. The molecule has 2 aromatic heterocycles. The molecular formula is C15H24ClN5. The standard InChI is InChI=1S/C15H24ClN5/c1-5-6-12-13-15(20(4)18-12)21(14(17-13)10(2)16)11-7-8-19(3)9-11/h10-11H,5-9H2,1-4H3. The summed E-state index contributed by atoms with van der Waals surface area (Å²) in [6.07, 6.45) is 3.19. The minimum Gasteiger partial charge on any atom is -0.307 e. The van der Waals surface area contributed by atoms with Gasteiger partial charge in [0.25, 0.3) is 0 Å². The van der Waals surface area contributed by atoms with Crippen LogP contribution in [0, 0.1) is 0 Å². The lowest BCUT2D eigenvalue weighted by molar-refractivity contribution is 0.390. The Kier molecular flexibility index (Phi) is 3.97. The van der Waals surface area contributed by atoms with Crippen molar-refractivity contribution in [2.45, 2.75) is 44.5 Å². The van der Waals surface area contributed by atoms with E-state index in [1.165, 1.54) is 0 Å². The molecule has 2 aromatic rings. The first-order chi connectivity index (χ1) is 10.0. The van der Waals surface area contributed by atoms with Gasteiger partial charge in [-0.3, -0.25) is 4.68 Å². The molecule has 1 aliphatic heterocycles. The number of halogens is 1. The average molecular weight is 310 g/mol. The van der Waals surface area contributed by atoms with Gasteiger partial charge in [0.15, 0.2) is 5.65 Å². The highest BCUT2D eigenvalue weighted by Crippen LogP contribution is 2.33. The van der Waals surface area contributed by atoms with Crippen LogP contribution in [0.25, 0.3) is 11.2 Å². The van der Waals surface area contributed by atoms with Crippen LogP contribution in [0.4, 0.5) is 0 Å². The van der Waals surface area contributed by atoms with Gasteiger partial charge in [-0.2, -0.15) is 5.10 Å². The van der Waals surface area contributed by atoms with Gasteiger partial charge < -0.3 is 9.47 Å². The van der Waals surface area contributed by atoms with E-state index in [4.69, 9.17) is 16.6 Å². The van der Waals surface area contributed by atoms with Gasteiger partial charge in [-0.05, 0) is 33.4 Å². The monoisotopic (exact) mass is 309 g/mol. The summed E-state index contributed by atoms with van der Waals surface area (Å²) < 4.78 is 4.32. The van der Waals surface area contributed by atoms with Crippen LogP contribution in [0.1, 0.15) is 49.6 Å². The Balaban J connectivity index is 2.17. The molecule has 6 heteroatoms. The highest BCUT2D eigenvalue weighted by atomic mass is 35.5. The van der Waals surface area contributed by atoms with Gasteiger partial charge in [0.2, 0.25) is 0 Å². The number of aryl methyl sites for hydroxylation is 2. The molecule has 1 fully saturated rings. The van der Waals surface area contributed by atoms with Gasteiger partial charge in [-0.15, -0.1) is 11.6 Å². The minimum absolute atomic E-state index is 0.0854. The third kappa shape index (κ3) is 2.46. The number of aromatic nitrogens is 4. The second kappa shape index (κ2) is 5.61. The fourth-order valence-electron chi connectivity index (χ4n) is 3.39. The average Bonchev–Trinajstić information content (AvgIpc) is 3.07. The maximum absolute atomic E-state index is 6.41. The van der Waals surface area contributed by atoms with Crippen LogP contribution < -0.4 is 0 Å². The molecule has 0 aromatic carbocycles. The van der Waals surface area contributed by atoms with E-state index in [0.717, 1.165) is 55.0 Å². The zero-order valence-corrected chi connectivity index (χ0v) is 14.1. The minimum atomic E-state index is -0.0854. The predicted octanol–water partition coefficient (Wildman–Crippen LogP) is 2.90. The Morgan fingerprint density at radius 2 is 2.14 bits per heavy atom. The van der Waals surface area contributed by atoms with Crippen molar-refractivity contribution in [2.75, 3.05) is 20.1 Å². The maximum atomic E-state index is 6.41. The Morgan fingerprint density at radius 1 is 1.38 bits per heavy atom. The van der Waals surface area contributed by atoms with Crippen LogP contribution in [0.3, 0.4) is 0 Å². The largest absolute Gasteiger partial charge is 0.307 e. The van der Waals surface area contributed by atoms with Crippen molar-refractivity contribution in [3.63, 3.8) is 0 Å². The zero-order chi connectivity index (χ0) is 15.1. The first-order valence-electron chi connectivity index (χ1n) is 7.79. The molecule has 2 atom stereocenters. The van der Waals surface area contributed by atoms with E-state index < -0.39 is 0 Å². The van der Waals surface area contributed by atoms with Crippen LogP contribution in [0.2, 0.25) is 0 Å². The Labute approximate surface area is 130 Å². The van der Waals surface area contributed by atoms with Gasteiger partial charge in [0.1, 0.15) is 11.3 Å². The number of likely N-dealkylation sites (tertiary alicyclic amines) is 1. The first kappa shape index (κ1) is 14.9. The highest BCUT2D eigenvalue weighted by Gasteiger charge is 2.29. The van der Waals surface area contributed by atoms with Crippen LogP contribution in [-0.4, -0.2) is 44.4 Å². The van der Waals surface area contributed by atoms with Crippen molar-refractivity contribution in [3.05, 3.63) is 11.5 Å². The van der Waals surface area contributed by atoms with E-state index >= 15 is 0 Å². The molecule has 0 spiro atoms. The Morgan fingerprint density at radius 3 is 2.71 bits per heavy atom. The maximum Gasteiger partial charge on any atom is 0.159 e.